The molecule has 0 aliphatic heterocycles. The Morgan fingerprint density at radius 1 is 1.19 bits per heavy atom. The van der Waals surface area contributed by atoms with Crippen LogP contribution >= 0.6 is 23.8 Å². The number of hydrogen-bond acceptors (Lipinski definition) is 1. The molecule has 0 saturated carbocycles. The zero-order chi connectivity index (χ0) is 15.4. The van der Waals surface area contributed by atoms with Crippen LogP contribution in [0.2, 0.25) is 5.02 Å². The molecule has 0 aromatic heterocycles. The Labute approximate surface area is 134 Å². The van der Waals surface area contributed by atoms with Crippen LogP contribution in [0, 0.1) is 12.7 Å². The monoisotopic (exact) mass is 322 g/mol. The number of benzene rings is 2. The molecule has 5 heteroatoms. The third kappa shape index (κ3) is 4.41. The quantitative estimate of drug-likeness (QED) is 0.791. The predicted octanol–water partition coefficient (Wildman–Crippen LogP) is 4.84. The minimum Gasteiger partial charge on any atom is -0.356 e. The molecule has 2 nitrogen and oxygen atoms in total. The molecule has 0 fully saturated rings. The first kappa shape index (κ1) is 15.7. The van der Waals surface area contributed by atoms with Crippen LogP contribution in [0.15, 0.2) is 42.5 Å². The minimum atomic E-state index is -0.450. The van der Waals surface area contributed by atoms with Crippen molar-refractivity contribution < 1.29 is 4.39 Å². The molecule has 2 rings (SSSR count). The number of nitrogens with one attached hydrogen (secondary N) is 2. The molecule has 0 bridgehead atoms. The smallest absolute Gasteiger partial charge is 0.171 e. The molecule has 0 aliphatic carbocycles. The molecule has 2 aromatic rings. The average Bonchev–Trinajstić information content (AvgIpc) is 2.43. The maximum absolute atomic E-state index is 13.1. The standard InChI is InChI=1S/C16H16ClFN2S/c1-10-3-5-12(6-4-10)11(2)19-16(21)20-13-7-8-15(18)14(17)9-13/h3-9,11H,1-2H3,(H2,19,20,21). The molecule has 21 heavy (non-hydrogen) atoms. The van der Waals surface area contributed by atoms with Crippen LogP contribution in [-0.4, -0.2) is 5.11 Å². The zero-order valence-corrected chi connectivity index (χ0v) is 13.4. The highest BCUT2D eigenvalue weighted by Crippen LogP contribution is 2.19. The predicted molar refractivity (Wildman–Crippen MR) is 90.4 cm³/mol. The highest BCUT2D eigenvalue weighted by atomic mass is 35.5. The van der Waals surface area contributed by atoms with E-state index in [1.807, 2.05) is 13.8 Å². The third-order valence-electron chi connectivity index (χ3n) is 3.10. The lowest BCUT2D eigenvalue weighted by atomic mass is 10.1. The van der Waals surface area contributed by atoms with Gasteiger partial charge in [-0.05, 0) is 49.8 Å². The van der Waals surface area contributed by atoms with Crippen molar-refractivity contribution in [2.24, 2.45) is 0 Å². The van der Waals surface area contributed by atoms with E-state index < -0.39 is 5.82 Å². The lowest BCUT2D eigenvalue weighted by Crippen LogP contribution is -2.30. The van der Waals surface area contributed by atoms with Crippen LogP contribution in [0.25, 0.3) is 0 Å². The summed E-state index contributed by atoms with van der Waals surface area (Å²) in [6.07, 6.45) is 0. The first-order chi connectivity index (χ1) is 9.95. The summed E-state index contributed by atoms with van der Waals surface area (Å²) in [7, 11) is 0. The van der Waals surface area contributed by atoms with Crippen molar-refractivity contribution in [2.45, 2.75) is 19.9 Å². The van der Waals surface area contributed by atoms with Crippen LogP contribution in [0.4, 0.5) is 10.1 Å². The molecule has 0 spiro atoms. The molecular formula is C16H16ClFN2S. The highest BCUT2D eigenvalue weighted by Gasteiger charge is 2.08. The molecule has 0 heterocycles. The fourth-order valence-electron chi connectivity index (χ4n) is 1.88. The molecule has 1 unspecified atom stereocenters. The normalized spacial score (nSPS) is 11.8. The van der Waals surface area contributed by atoms with E-state index in [0.29, 0.717) is 10.8 Å². The van der Waals surface area contributed by atoms with E-state index in [4.69, 9.17) is 23.8 Å². The van der Waals surface area contributed by atoms with E-state index >= 15 is 0 Å². The molecule has 0 saturated heterocycles. The summed E-state index contributed by atoms with van der Waals surface area (Å²) >= 11 is 11.0. The maximum Gasteiger partial charge on any atom is 0.171 e. The number of thiocarbonyl (C=S) groups is 1. The first-order valence-corrected chi connectivity index (χ1v) is 7.33. The molecule has 2 N–H and O–H groups in total. The molecule has 0 radical (unpaired) electrons. The highest BCUT2D eigenvalue weighted by molar-refractivity contribution is 7.80. The maximum atomic E-state index is 13.1. The van der Waals surface area contributed by atoms with E-state index in [-0.39, 0.29) is 11.1 Å². The summed E-state index contributed by atoms with van der Waals surface area (Å²) in [4.78, 5) is 0. The van der Waals surface area contributed by atoms with Gasteiger partial charge in [0.1, 0.15) is 5.82 Å². The van der Waals surface area contributed by atoms with Crippen molar-refractivity contribution in [1.82, 2.24) is 5.32 Å². The summed E-state index contributed by atoms with van der Waals surface area (Å²) in [5.41, 5.74) is 3.00. The van der Waals surface area contributed by atoms with Gasteiger partial charge in [0.2, 0.25) is 0 Å². The van der Waals surface area contributed by atoms with Gasteiger partial charge in [-0.1, -0.05) is 41.4 Å². The lowest BCUT2D eigenvalue weighted by Gasteiger charge is -2.17. The Hall–Kier alpha value is -1.65. The van der Waals surface area contributed by atoms with Crippen LogP contribution in [-0.2, 0) is 0 Å². The lowest BCUT2D eigenvalue weighted by molar-refractivity contribution is 0.628. The number of hydrogen-bond donors (Lipinski definition) is 2. The number of halogens is 2. The summed E-state index contributed by atoms with van der Waals surface area (Å²) < 4.78 is 13.1. The Morgan fingerprint density at radius 3 is 2.48 bits per heavy atom. The van der Waals surface area contributed by atoms with Gasteiger partial charge in [-0.2, -0.15) is 0 Å². The van der Waals surface area contributed by atoms with Gasteiger partial charge in [-0.15, -0.1) is 0 Å². The van der Waals surface area contributed by atoms with E-state index in [2.05, 4.69) is 34.9 Å². The van der Waals surface area contributed by atoms with Crippen LogP contribution in [0.5, 0.6) is 0 Å². The van der Waals surface area contributed by atoms with E-state index in [1.54, 1.807) is 6.07 Å². The van der Waals surface area contributed by atoms with Crippen LogP contribution in [0.1, 0.15) is 24.1 Å². The van der Waals surface area contributed by atoms with Gasteiger partial charge in [-0.3, -0.25) is 0 Å². The van der Waals surface area contributed by atoms with Gasteiger partial charge >= 0.3 is 0 Å². The van der Waals surface area contributed by atoms with Gasteiger partial charge in [0.25, 0.3) is 0 Å². The summed E-state index contributed by atoms with van der Waals surface area (Å²) in [5.74, 6) is -0.450. The van der Waals surface area contributed by atoms with Gasteiger partial charge in [-0.25, -0.2) is 4.39 Å². The molecule has 110 valence electrons. The Kier molecular flexibility index (Phi) is 5.15. The number of aryl methyl sites for hydroxylation is 1. The second-order valence-electron chi connectivity index (χ2n) is 4.86. The van der Waals surface area contributed by atoms with Crippen LogP contribution in [0.3, 0.4) is 0 Å². The van der Waals surface area contributed by atoms with Gasteiger partial charge in [0.05, 0.1) is 11.1 Å². The summed E-state index contributed by atoms with van der Waals surface area (Å²) in [6.45, 7) is 4.07. The fraction of sp³-hybridized carbons (Fsp3) is 0.188. The topological polar surface area (TPSA) is 24.1 Å². The first-order valence-electron chi connectivity index (χ1n) is 6.55. The Morgan fingerprint density at radius 2 is 1.86 bits per heavy atom. The van der Waals surface area contributed by atoms with E-state index in [9.17, 15) is 4.39 Å². The molecule has 1 atom stereocenters. The number of anilines is 1. The largest absolute Gasteiger partial charge is 0.356 e. The van der Waals surface area contributed by atoms with Gasteiger partial charge in [0, 0.05) is 5.69 Å². The second kappa shape index (κ2) is 6.87. The van der Waals surface area contributed by atoms with E-state index in [1.165, 1.54) is 17.7 Å². The summed E-state index contributed by atoms with van der Waals surface area (Å²) in [5, 5.41) is 6.70. The van der Waals surface area contributed by atoms with Gasteiger partial charge in [0.15, 0.2) is 5.11 Å². The SMILES string of the molecule is Cc1ccc(C(C)NC(=S)Nc2ccc(F)c(Cl)c2)cc1. The van der Waals surface area contributed by atoms with Crippen molar-refractivity contribution in [2.75, 3.05) is 5.32 Å². The van der Waals surface area contributed by atoms with Crippen molar-refractivity contribution in [3.05, 3.63) is 64.4 Å². The summed E-state index contributed by atoms with van der Waals surface area (Å²) in [6, 6.07) is 12.7. The average molecular weight is 323 g/mol. The molecule has 2 aromatic carbocycles. The third-order valence-corrected chi connectivity index (χ3v) is 3.61. The minimum absolute atomic E-state index is 0.0642. The number of rotatable bonds is 3. The zero-order valence-electron chi connectivity index (χ0n) is 11.8. The van der Waals surface area contributed by atoms with E-state index in [0.717, 1.165) is 5.56 Å². The molecule has 0 amide bonds. The van der Waals surface area contributed by atoms with Crippen molar-refractivity contribution >= 4 is 34.6 Å². The van der Waals surface area contributed by atoms with Crippen molar-refractivity contribution in [3.63, 3.8) is 0 Å². The molecule has 0 aliphatic rings. The second-order valence-corrected chi connectivity index (χ2v) is 5.68. The van der Waals surface area contributed by atoms with Crippen molar-refractivity contribution in [1.29, 1.82) is 0 Å². The Bertz CT molecular complexity index is 643. The fourth-order valence-corrected chi connectivity index (χ4v) is 2.35. The van der Waals surface area contributed by atoms with Crippen molar-refractivity contribution in [3.8, 4) is 0 Å². The van der Waals surface area contributed by atoms with Crippen LogP contribution < -0.4 is 10.6 Å². The molecular weight excluding hydrogens is 307 g/mol. The van der Waals surface area contributed by atoms with Gasteiger partial charge < -0.3 is 10.6 Å². The Balaban J connectivity index is 1.97.